The number of H-pyrrole nitrogens is 1. The van der Waals surface area contributed by atoms with Gasteiger partial charge in [0.05, 0.1) is 6.04 Å². The van der Waals surface area contributed by atoms with Crippen molar-refractivity contribution in [1.29, 1.82) is 0 Å². The number of fused-ring (bicyclic) bond motifs is 1. The number of nitrogens with zero attached hydrogens (tertiary/aromatic N) is 2. The molecule has 4 nitrogen and oxygen atoms in total. The summed E-state index contributed by atoms with van der Waals surface area (Å²) in [5, 5.41) is 3.60. The molecule has 0 fully saturated rings. The van der Waals surface area contributed by atoms with Crippen molar-refractivity contribution in [3.63, 3.8) is 0 Å². The minimum Gasteiger partial charge on any atom is -0.374 e. The number of hydrogen-bond acceptors (Lipinski definition) is 3. The van der Waals surface area contributed by atoms with Gasteiger partial charge in [-0.25, -0.2) is 4.98 Å². The Morgan fingerprint density at radius 1 is 1.43 bits per heavy atom. The number of aromatic nitrogens is 2. The minimum absolute atomic E-state index is 0.290. The molecule has 1 aromatic heterocycles. The third-order valence-electron chi connectivity index (χ3n) is 4.31. The molecule has 1 aromatic carbocycles. The first-order chi connectivity index (χ1) is 10.3. The molecule has 112 valence electrons. The summed E-state index contributed by atoms with van der Waals surface area (Å²) in [5.41, 5.74) is 4.23. The van der Waals surface area contributed by atoms with Crippen LogP contribution in [0.4, 0.5) is 5.69 Å². The average molecular weight is 284 g/mol. The number of aryl methyl sites for hydroxylation is 1. The molecule has 3 rings (SSSR count). The SMILES string of the molecule is CCC(NCc1ccc2c(c1)CCCN2C)c1ncc[nH]1. The van der Waals surface area contributed by atoms with E-state index in [2.05, 4.69) is 52.4 Å². The van der Waals surface area contributed by atoms with Crippen molar-refractivity contribution in [2.75, 3.05) is 18.5 Å². The first-order valence-corrected chi connectivity index (χ1v) is 7.83. The van der Waals surface area contributed by atoms with Gasteiger partial charge in [-0.05, 0) is 36.5 Å². The zero-order valence-corrected chi connectivity index (χ0v) is 12.9. The smallest absolute Gasteiger partial charge is 0.123 e. The molecule has 21 heavy (non-hydrogen) atoms. The fourth-order valence-electron chi connectivity index (χ4n) is 3.09. The van der Waals surface area contributed by atoms with E-state index in [1.165, 1.54) is 36.2 Å². The highest BCUT2D eigenvalue weighted by molar-refractivity contribution is 5.56. The number of benzene rings is 1. The summed E-state index contributed by atoms with van der Waals surface area (Å²) in [5.74, 6) is 1.02. The van der Waals surface area contributed by atoms with E-state index in [0.29, 0.717) is 6.04 Å². The second-order valence-electron chi connectivity index (χ2n) is 5.80. The molecule has 0 radical (unpaired) electrons. The number of imidazole rings is 1. The maximum atomic E-state index is 4.36. The van der Waals surface area contributed by atoms with Gasteiger partial charge >= 0.3 is 0 Å². The van der Waals surface area contributed by atoms with E-state index < -0.39 is 0 Å². The van der Waals surface area contributed by atoms with Crippen LogP contribution in [0.15, 0.2) is 30.6 Å². The zero-order chi connectivity index (χ0) is 14.7. The van der Waals surface area contributed by atoms with Crippen LogP contribution in [0.3, 0.4) is 0 Å². The van der Waals surface area contributed by atoms with E-state index in [1.807, 2.05) is 12.4 Å². The summed E-state index contributed by atoms with van der Waals surface area (Å²) >= 11 is 0. The Morgan fingerprint density at radius 3 is 3.10 bits per heavy atom. The van der Waals surface area contributed by atoms with Crippen LogP contribution in [0.1, 0.15) is 42.8 Å². The molecule has 2 N–H and O–H groups in total. The summed E-state index contributed by atoms with van der Waals surface area (Å²) in [7, 11) is 2.18. The third kappa shape index (κ3) is 3.10. The number of aromatic amines is 1. The first kappa shape index (κ1) is 14.1. The van der Waals surface area contributed by atoms with Gasteiger partial charge in [-0.1, -0.05) is 19.1 Å². The van der Waals surface area contributed by atoms with E-state index in [9.17, 15) is 0 Å². The van der Waals surface area contributed by atoms with Gasteiger partial charge in [0.25, 0.3) is 0 Å². The fraction of sp³-hybridized carbons (Fsp3) is 0.471. The summed E-state index contributed by atoms with van der Waals surface area (Å²) in [6.07, 6.45) is 7.18. The van der Waals surface area contributed by atoms with Crippen molar-refractivity contribution in [3.05, 3.63) is 47.5 Å². The number of anilines is 1. The Morgan fingerprint density at radius 2 is 2.33 bits per heavy atom. The average Bonchev–Trinajstić information content (AvgIpc) is 3.02. The largest absolute Gasteiger partial charge is 0.374 e. The molecule has 0 aliphatic carbocycles. The molecule has 0 saturated heterocycles. The van der Waals surface area contributed by atoms with Gasteiger partial charge < -0.3 is 15.2 Å². The minimum atomic E-state index is 0.290. The molecular weight excluding hydrogens is 260 g/mol. The van der Waals surface area contributed by atoms with Gasteiger partial charge in [0.2, 0.25) is 0 Å². The van der Waals surface area contributed by atoms with Crippen LogP contribution >= 0.6 is 0 Å². The van der Waals surface area contributed by atoms with Crippen molar-refractivity contribution >= 4 is 5.69 Å². The normalized spacial score (nSPS) is 15.8. The lowest BCUT2D eigenvalue weighted by molar-refractivity contribution is 0.497. The first-order valence-electron chi connectivity index (χ1n) is 7.83. The molecule has 1 atom stereocenters. The van der Waals surface area contributed by atoms with E-state index in [-0.39, 0.29) is 0 Å². The van der Waals surface area contributed by atoms with Crippen LogP contribution in [0.25, 0.3) is 0 Å². The Bertz CT molecular complexity index is 576. The van der Waals surface area contributed by atoms with Crippen LogP contribution in [-0.4, -0.2) is 23.6 Å². The number of rotatable bonds is 5. The van der Waals surface area contributed by atoms with Gasteiger partial charge in [-0.15, -0.1) is 0 Å². The van der Waals surface area contributed by atoms with Gasteiger partial charge in [0.15, 0.2) is 0 Å². The Hall–Kier alpha value is -1.81. The number of hydrogen-bond donors (Lipinski definition) is 2. The molecule has 0 amide bonds. The third-order valence-corrected chi connectivity index (χ3v) is 4.31. The van der Waals surface area contributed by atoms with Crippen molar-refractivity contribution in [3.8, 4) is 0 Å². The summed E-state index contributed by atoms with van der Waals surface area (Å²) in [6.45, 7) is 4.24. The van der Waals surface area contributed by atoms with E-state index in [1.54, 1.807) is 0 Å². The predicted molar refractivity (Wildman–Crippen MR) is 86.5 cm³/mol. The highest BCUT2D eigenvalue weighted by atomic mass is 15.1. The molecule has 1 aliphatic rings. The highest BCUT2D eigenvalue weighted by Crippen LogP contribution is 2.27. The van der Waals surface area contributed by atoms with Crippen LogP contribution < -0.4 is 10.2 Å². The van der Waals surface area contributed by atoms with Gasteiger partial charge in [0, 0.05) is 38.2 Å². The van der Waals surface area contributed by atoms with Crippen LogP contribution in [0.2, 0.25) is 0 Å². The molecule has 2 aromatic rings. The maximum Gasteiger partial charge on any atom is 0.123 e. The summed E-state index contributed by atoms with van der Waals surface area (Å²) < 4.78 is 0. The van der Waals surface area contributed by atoms with Gasteiger partial charge in [-0.3, -0.25) is 0 Å². The molecule has 0 spiro atoms. The number of nitrogens with one attached hydrogen (secondary N) is 2. The van der Waals surface area contributed by atoms with Crippen LogP contribution in [0, 0.1) is 0 Å². The lowest BCUT2D eigenvalue weighted by atomic mass is 9.99. The molecule has 1 aliphatic heterocycles. The Labute approximate surface area is 126 Å². The van der Waals surface area contributed by atoms with Gasteiger partial charge in [-0.2, -0.15) is 0 Å². The summed E-state index contributed by atoms with van der Waals surface area (Å²) in [6, 6.07) is 7.15. The molecule has 0 saturated carbocycles. The van der Waals surface area contributed by atoms with Crippen LogP contribution in [-0.2, 0) is 13.0 Å². The molecule has 1 unspecified atom stereocenters. The van der Waals surface area contributed by atoms with Gasteiger partial charge in [0.1, 0.15) is 5.82 Å². The predicted octanol–water partition coefficient (Wildman–Crippen LogP) is 3.03. The lowest BCUT2D eigenvalue weighted by Crippen LogP contribution is -2.25. The molecule has 2 heterocycles. The molecule has 0 bridgehead atoms. The highest BCUT2D eigenvalue weighted by Gasteiger charge is 2.15. The lowest BCUT2D eigenvalue weighted by Gasteiger charge is -2.28. The molecule has 4 heteroatoms. The maximum absolute atomic E-state index is 4.36. The van der Waals surface area contributed by atoms with E-state index >= 15 is 0 Å². The van der Waals surface area contributed by atoms with Crippen molar-refractivity contribution in [2.45, 2.75) is 38.8 Å². The monoisotopic (exact) mass is 284 g/mol. The van der Waals surface area contributed by atoms with Crippen molar-refractivity contribution in [2.24, 2.45) is 0 Å². The Kier molecular flexibility index (Phi) is 4.25. The van der Waals surface area contributed by atoms with Crippen LogP contribution in [0.5, 0.6) is 0 Å². The Balaban J connectivity index is 1.68. The van der Waals surface area contributed by atoms with E-state index in [0.717, 1.165) is 18.8 Å². The standard InChI is InChI=1S/C17H24N4/c1-3-15(17-18-8-9-19-17)20-12-13-6-7-16-14(11-13)5-4-10-21(16)2/h6-9,11,15,20H,3-5,10,12H2,1-2H3,(H,18,19). The van der Waals surface area contributed by atoms with E-state index in [4.69, 9.17) is 0 Å². The summed E-state index contributed by atoms with van der Waals surface area (Å²) in [4.78, 5) is 9.91. The van der Waals surface area contributed by atoms with Crippen molar-refractivity contribution in [1.82, 2.24) is 15.3 Å². The zero-order valence-electron chi connectivity index (χ0n) is 12.9. The second-order valence-corrected chi connectivity index (χ2v) is 5.80. The fourth-order valence-corrected chi connectivity index (χ4v) is 3.09. The topological polar surface area (TPSA) is 44.0 Å². The van der Waals surface area contributed by atoms with Crippen molar-refractivity contribution < 1.29 is 0 Å². The molecular formula is C17H24N4. The second kappa shape index (κ2) is 6.31. The quantitative estimate of drug-likeness (QED) is 0.887.